The van der Waals surface area contributed by atoms with E-state index in [1.165, 1.54) is 17.7 Å². The Morgan fingerprint density at radius 3 is 2.57 bits per heavy atom. The van der Waals surface area contributed by atoms with Gasteiger partial charge in [-0.2, -0.15) is 0 Å². The molecule has 0 spiro atoms. The first kappa shape index (κ1) is 19.8. The number of ether oxygens (including phenoxy) is 1. The minimum atomic E-state index is -0.961. The van der Waals surface area contributed by atoms with Crippen molar-refractivity contribution in [3.63, 3.8) is 0 Å². The largest absolute Gasteiger partial charge is 0.495 e. The van der Waals surface area contributed by atoms with Crippen molar-refractivity contribution in [1.29, 1.82) is 0 Å². The molecule has 0 N–H and O–H groups in total. The average Bonchev–Trinajstić information content (AvgIpc) is 2.75. The lowest BCUT2D eigenvalue weighted by Crippen LogP contribution is -2.22. The molecule has 0 saturated carbocycles. The predicted octanol–water partition coefficient (Wildman–Crippen LogP) is 5.50. The van der Waals surface area contributed by atoms with E-state index in [0.29, 0.717) is 32.9 Å². The smallest absolute Gasteiger partial charge is 0.266 e. The Morgan fingerprint density at radius 2 is 1.80 bits per heavy atom. The molecule has 1 aromatic heterocycles. The van der Waals surface area contributed by atoms with Crippen molar-refractivity contribution in [2.24, 2.45) is 0 Å². The van der Waals surface area contributed by atoms with E-state index in [1.54, 1.807) is 54.6 Å². The number of benzene rings is 3. The van der Waals surface area contributed by atoms with Gasteiger partial charge < -0.3 is 4.74 Å². The highest BCUT2D eigenvalue weighted by molar-refractivity contribution is 6.30. The molecule has 1 heterocycles. The van der Waals surface area contributed by atoms with Crippen LogP contribution >= 0.6 is 11.6 Å². The second-order valence-electron chi connectivity index (χ2n) is 6.45. The summed E-state index contributed by atoms with van der Waals surface area (Å²) in [6.07, 6.45) is 3.10. The normalized spacial score (nSPS) is 11.3. The molecule has 0 bridgehead atoms. The Hall–Kier alpha value is -3.51. The van der Waals surface area contributed by atoms with E-state index in [2.05, 4.69) is 4.98 Å². The number of hydrogen-bond acceptors (Lipinski definition) is 3. The third-order valence-electron chi connectivity index (χ3n) is 4.55. The molecule has 3 aromatic carbocycles. The van der Waals surface area contributed by atoms with Crippen LogP contribution in [-0.2, 0) is 0 Å². The summed E-state index contributed by atoms with van der Waals surface area (Å²) in [7, 11) is 1.49. The number of rotatable bonds is 4. The monoisotopic (exact) mass is 424 g/mol. The quantitative estimate of drug-likeness (QED) is 0.434. The van der Waals surface area contributed by atoms with Gasteiger partial charge in [-0.05, 0) is 54.1 Å². The number of aromatic nitrogens is 2. The zero-order valence-corrected chi connectivity index (χ0v) is 16.5. The van der Waals surface area contributed by atoms with Gasteiger partial charge in [0.15, 0.2) is 11.6 Å². The molecule has 0 saturated heterocycles. The molecule has 0 fully saturated rings. The van der Waals surface area contributed by atoms with Gasteiger partial charge in [0, 0.05) is 5.02 Å². The van der Waals surface area contributed by atoms with E-state index in [4.69, 9.17) is 16.3 Å². The second-order valence-corrected chi connectivity index (χ2v) is 6.89. The maximum Gasteiger partial charge on any atom is 0.266 e. The summed E-state index contributed by atoms with van der Waals surface area (Å²) in [6, 6.07) is 15.4. The summed E-state index contributed by atoms with van der Waals surface area (Å²) in [5.41, 5.74) is 1.02. The van der Waals surface area contributed by atoms with Gasteiger partial charge in [-0.25, -0.2) is 13.8 Å². The van der Waals surface area contributed by atoms with Crippen LogP contribution in [0.5, 0.6) is 5.75 Å². The second kappa shape index (κ2) is 8.08. The Balaban J connectivity index is 1.98. The van der Waals surface area contributed by atoms with Gasteiger partial charge in [0.25, 0.3) is 5.56 Å². The summed E-state index contributed by atoms with van der Waals surface area (Å²) < 4.78 is 33.6. The molecule has 4 nitrogen and oxygen atoms in total. The Kier molecular flexibility index (Phi) is 5.33. The number of hydrogen-bond donors (Lipinski definition) is 0. The third-order valence-corrected chi connectivity index (χ3v) is 4.79. The van der Waals surface area contributed by atoms with Crippen LogP contribution in [0.1, 0.15) is 11.4 Å². The first-order chi connectivity index (χ1) is 14.5. The molecule has 4 rings (SSSR count). The lowest BCUT2D eigenvalue weighted by molar-refractivity contribution is 0.412. The van der Waals surface area contributed by atoms with Crippen molar-refractivity contribution in [3.05, 3.63) is 99.1 Å². The zero-order chi connectivity index (χ0) is 21.3. The van der Waals surface area contributed by atoms with Crippen molar-refractivity contribution in [2.45, 2.75) is 0 Å². The minimum absolute atomic E-state index is 0.281. The van der Waals surface area contributed by atoms with Crippen molar-refractivity contribution in [3.8, 4) is 11.4 Å². The molecule has 4 aromatic rings. The summed E-state index contributed by atoms with van der Waals surface area (Å²) in [5.74, 6) is -1.18. The van der Waals surface area contributed by atoms with Crippen LogP contribution in [-0.4, -0.2) is 16.7 Å². The number of nitrogens with zero attached hydrogens (tertiary/aromatic N) is 2. The highest BCUT2D eigenvalue weighted by atomic mass is 35.5. The van der Waals surface area contributed by atoms with E-state index >= 15 is 0 Å². The van der Waals surface area contributed by atoms with Crippen LogP contribution in [0, 0.1) is 11.6 Å². The van der Waals surface area contributed by atoms with Crippen LogP contribution in [0.15, 0.2) is 65.5 Å². The van der Waals surface area contributed by atoms with E-state index in [1.807, 2.05) is 0 Å². The fourth-order valence-corrected chi connectivity index (χ4v) is 3.29. The van der Waals surface area contributed by atoms with Crippen molar-refractivity contribution in [1.82, 2.24) is 9.55 Å². The topological polar surface area (TPSA) is 44.1 Å². The molecule has 0 atom stereocenters. The molecule has 30 heavy (non-hydrogen) atoms. The first-order valence-electron chi connectivity index (χ1n) is 8.97. The van der Waals surface area contributed by atoms with E-state index < -0.39 is 11.6 Å². The lowest BCUT2D eigenvalue weighted by Gasteiger charge is -2.15. The number of para-hydroxylation sites is 1. The molecule has 0 aliphatic carbocycles. The van der Waals surface area contributed by atoms with Crippen molar-refractivity contribution < 1.29 is 13.5 Å². The number of fused-ring (bicyclic) bond motifs is 1. The van der Waals surface area contributed by atoms with Crippen LogP contribution in [0.3, 0.4) is 0 Å². The van der Waals surface area contributed by atoms with Crippen LogP contribution in [0.2, 0.25) is 5.02 Å². The maximum absolute atomic E-state index is 13.6. The molecule has 0 amide bonds. The maximum atomic E-state index is 13.6. The summed E-state index contributed by atoms with van der Waals surface area (Å²) in [6.45, 7) is 0. The molecular formula is C23H15ClF2N2O2. The van der Waals surface area contributed by atoms with Gasteiger partial charge in [-0.3, -0.25) is 9.36 Å². The van der Waals surface area contributed by atoms with Gasteiger partial charge in [0.2, 0.25) is 0 Å². The molecule has 150 valence electrons. The van der Waals surface area contributed by atoms with Gasteiger partial charge in [-0.15, -0.1) is 0 Å². The molecule has 0 radical (unpaired) electrons. The third kappa shape index (κ3) is 3.69. The van der Waals surface area contributed by atoms with E-state index in [0.717, 1.165) is 12.1 Å². The van der Waals surface area contributed by atoms with E-state index in [-0.39, 0.29) is 11.4 Å². The van der Waals surface area contributed by atoms with Crippen LogP contribution in [0.4, 0.5) is 8.78 Å². The van der Waals surface area contributed by atoms with Crippen LogP contribution < -0.4 is 10.3 Å². The Bertz CT molecular complexity index is 1350. The summed E-state index contributed by atoms with van der Waals surface area (Å²) >= 11 is 6.17. The van der Waals surface area contributed by atoms with Gasteiger partial charge in [0.1, 0.15) is 11.6 Å². The molecular weight excluding hydrogens is 410 g/mol. The molecule has 7 heteroatoms. The van der Waals surface area contributed by atoms with Crippen LogP contribution in [0.25, 0.3) is 28.7 Å². The zero-order valence-electron chi connectivity index (χ0n) is 15.8. The predicted molar refractivity (Wildman–Crippen MR) is 114 cm³/mol. The van der Waals surface area contributed by atoms with Gasteiger partial charge >= 0.3 is 0 Å². The highest BCUT2D eigenvalue weighted by Crippen LogP contribution is 2.27. The lowest BCUT2D eigenvalue weighted by atomic mass is 10.2. The SMILES string of the molecule is COc1ccc(Cl)cc1-n1c(/C=C\c2ccc(F)c(F)c2)nc2ccccc2c1=O. The number of methoxy groups -OCH3 is 1. The van der Waals surface area contributed by atoms with Gasteiger partial charge in [0.05, 0.1) is 23.7 Å². The molecule has 0 aliphatic heterocycles. The average molecular weight is 425 g/mol. The van der Waals surface area contributed by atoms with E-state index in [9.17, 15) is 13.6 Å². The number of halogens is 3. The van der Waals surface area contributed by atoms with Crippen molar-refractivity contribution >= 4 is 34.7 Å². The van der Waals surface area contributed by atoms with Crippen molar-refractivity contribution in [2.75, 3.05) is 7.11 Å². The standard InChI is InChI=1S/C23H15ClF2N2O2/c1-30-21-10-8-15(24)13-20(21)28-22(11-7-14-6-9-17(25)18(26)12-14)27-19-5-3-2-4-16(19)23(28)29/h2-13H,1H3/b11-7-. The first-order valence-corrected chi connectivity index (χ1v) is 9.34. The summed E-state index contributed by atoms with van der Waals surface area (Å²) in [4.78, 5) is 17.9. The molecule has 0 aliphatic rings. The summed E-state index contributed by atoms with van der Waals surface area (Å²) in [5, 5.41) is 0.839. The highest BCUT2D eigenvalue weighted by Gasteiger charge is 2.15. The Labute approximate surface area is 175 Å². The Morgan fingerprint density at radius 1 is 1.00 bits per heavy atom. The fourth-order valence-electron chi connectivity index (χ4n) is 3.12. The van der Waals surface area contributed by atoms with Gasteiger partial charge in [-0.1, -0.05) is 35.9 Å². The minimum Gasteiger partial charge on any atom is -0.495 e. The molecule has 0 unspecified atom stereocenters. The fraction of sp³-hybridized carbons (Fsp3) is 0.0435.